The van der Waals surface area contributed by atoms with Crippen molar-refractivity contribution in [1.29, 1.82) is 0 Å². The summed E-state index contributed by atoms with van der Waals surface area (Å²) < 4.78 is 0. The SMILES string of the molecule is OCCCN(O)CCCO. The van der Waals surface area contributed by atoms with Crippen molar-refractivity contribution >= 4 is 0 Å². The van der Waals surface area contributed by atoms with Gasteiger partial charge in [-0.25, -0.2) is 0 Å². The van der Waals surface area contributed by atoms with Gasteiger partial charge in [0.15, 0.2) is 0 Å². The maximum absolute atomic E-state index is 8.92. The van der Waals surface area contributed by atoms with E-state index < -0.39 is 0 Å². The van der Waals surface area contributed by atoms with Crippen LogP contribution >= 0.6 is 0 Å². The molecule has 3 N–H and O–H groups in total. The van der Waals surface area contributed by atoms with E-state index >= 15 is 0 Å². The van der Waals surface area contributed by atoms with Gasteiger partial charge in [0, 0.05) is 26.3 Å². The summed E-state index contributed by atoms with van der Waals surface area (Å²) in [7, 11) is 0. The molecule has 0 saturated heterocycles. The molecule has 0 atom stereocenters. The highest BCUT2D eigenvalue weighted by Crippen LogP contribution is 1.87. The van der Waals surface area contributed by atoms with Crippen LogP contribution in [0.5, 0.6) is 0 Å². The summed E-state index contributed by atoms with van der Waals surface area (Å²) >= 11 is 0. The topological polar surface area (TPSA) is 63.9 Å². The Morgan fingerprint density at radius 1 is 0.900 bits per heavy atom. The van der Waals surface area contributed by atoms with Crippen molar-refractivity contribution in [1.82, 2.24) is 5.06 Å². The molecule has 0 aliphatic heterocycles. The van der Waals surface area contributed by atoms with E-state index in [2.05, 4.69) is 0 Å². The third kappa shape index (κ3) is 5.97. The smallest absolute Gasteiger partial charge is 0.0444 e. The molecular formula is C6H15NO3. The predicted octanol–water partition coefficient (Wildman–Crippen LogP) is -0.558. The Morgan fingerprint density at radius 2 is 1.30 bits per heavy atom. The molecule has 0 aromatic carbocycles. The number of hydrogen-bond acceptors (Lipinski definition) is 4. The summed E-state index contributed by atoms with van der Waals surface area (Å²) in [6.07, 6.45) is 1.14. The van der Waals surface area contributed by atoms with Crippen LogP contribution in [0.1, 0.15) is 12.8 Å². The van der Waals surface area contributed by atoms with Crippen molar-refractivity contribution in [3.63, 3.8) is 0 Å². The summed E-state index contributed by atoms with van der Waals surface area (Å²) in [6.45, 7) is 1.12. The Labute approximate surface area is 60.7 Å². The lowest BCUT2D eigenvalue weighted by atomic mass is 10.4. The van der Waals surface area contributed by atoms with Crippen LogP contribution in [-0.2, 0) is 0 Å². The van der Waals surface area contributed by atoms with Crippen molar-refractivity contribution in [2.45, 2.75) is 12.8 Å². The van der Waals surface area contributed by atoms with Crippen molar-refractivity contribution in [3.05, 3.63) is 0 Å². The van der Waals surface area contributed by atoms with Gasteiger partial charge in [0.1, 0.15) is 0 Å². The number of aliphatic hydroxyl groups is 2. The Balaban J connectivity index is 3.00. The zero-order chi connectivity index (χ0) is 7.82. The Hall–Kier alpha value is -0.160. The molecule has 0 rings (SSSR count). The molecule has 0 radical (unpaired) electrons. The highest BCUT2D eigenvalue weighted by atomic mass is 16.5. The predicted molar refractivity (Wildman–Crippen MR) is 36.8 cm³/mol. The van der Waals surface area contributed by atoms with Crippen LogP contribution in [-0.4, -0.2) is 46.8 Å². The first kappa shape index (κ1) is 9.84. The summed E-state index contributed by atoms with van der Waals surface area (Å²) in [5.41, 5.74) is 0. The van der Waals surface area contributed by atoms with Crippen LogP contribution in [0.15, 0.2) is 0 Å². The molecular weight excluding hydrogens is 134 g/mol. The fourth-order valence-corrected chi connectivity index (χ4v) is 0.618. The van der Waals surface area contributed by atoms with Gasteiger partial charge in [0.05, 0.1) is 0 Å². The minimum atomic E-state index is 0.0934. The Bertz CT molecular complexity index is 62.0. The van der Waals surface area contributed by atoms with E-state index in [1.165, 1.54) is 0 Å². The normalized spacial score (nSPS) is 10.8. The molecule has 0 aliphatic carbocycles. The minimum Gasteiger partial charge on any atom is -0.396 e. The van der Waals surface area contributed by atoms with Gasteiger partial charge in [-0.15, -0.1) is 0 Å². The minimum absolute atomic E-state index is 0.0934. The monoisotopic (exact) mass is 149 g/mol. The molecule has 0 unspecified atom stereocenters. The average molecular weight is 149 g/mol. The number of nitrogens with zero attached hydrogens (tertiary/aromatic N) is 1. The highest BCUT2D eigenvalue weighted by Gasteiger charge is 1.97. The van der Waals surface area contributed by atoms with Crippen LogP contribution in [0, 0.1) is 0 Å². The highest BCUT2D eigenvalue weighted by molar-refractivity contribution is 4.44. The van der Waals surface area contributed by atoms with E-state index in [1.807, 2.05) is 0 Å². The Kier molecular flexibility index (Phi) is 6.84. The molecule has 10 heavy (non-hydrogen) atoms. The molecule has 62 valence electrons. The van der Waals surface area contributed by atoms with Crippen LogP contribution in [0.2, 0.25) is 0 Å². The van der Waals surface area contributed by atoms with E-state index in [0.717, 1.165) is 5.06 Å². The zero-order valence-electron chi connectivity index (χ0n) is 6.03. The maximum Gasteiger partial charge on any atom is 0.0444 e. The molecule has 0 aliphatic rings. The number of aliphatic hydroxyl groups excluding tert-OH is 2. The molecule has 0 aromatic rings. The van der Waals surface area contributed by atoms with Gasteiger partial charge in [-0.3, -0.25) is 0 Å². The summed E-state index contributed by atoms with van der Waals surface area (Å²) in [5, 5.41) is 26.7. The van der Waals surface area contributed by atoms with Gasteiger partial charge in [-0.2, -0.15) is 5.06 Å². The van der Waals surface area contributed by atoms with E-state index in [1.54, 1.807) is 0 Å². The molecule has 0 bridgehead atoms. The first-order valence-corrected chi connectivity index (χ1v) is 3.46. The lowest BCUT2D eigenvalue weighted by Gasteiger charge is -2.12. The number of rotatable bonds is 6. The van der Waals surface area contributed by atoms with E-state index in [9.17, 15) is 0 Å². The summed E-state index contributed by atoms with van der Waals surface area (Å²) in [4.78, 5) is 0. The zero-order valence-corrected chi connectivity index (χ0v) is 6.03. The third-order valence-corrected chi connectivity index (χ3v) is 1.15. The fraction of sp³-hybridized carbons (Fsp3) is 1.00. The molecule has 4 heteroatoms. The molecule has 0 amide bonds. The van der Waals surface area contributed by atoms with Crippen molar-refractivity contribution in [2.75, 3.05) is 26.3 Å². The lowest BCUT2D eigenvalue weighted by molar-refractivity contribution is -0.0956. The van der Waals surface area contributed by atoms with Crippen LogP contribution in [0.25, 0.3) is 0 Å². The van der Waals surface area contributed by atoms with Gasteiger partial charge >= 0.3 is 0 Å². The van der Waals surface area contributed by atoms with Crippen LogP contribution in [0.3, 0.4) is 0 Å². The molecule has 0 aromatic heterocycles. The molecule has 0 heterocycles. The largest absolute Gasteiger partial charge is 0.396 e. The first-order chi connectivity index (χ1) is 4.81. The summed E-state index contributed by atoms with van der Waals surface area (Å²) in [5.74, 6) is 0. The van der Waals surface area contributed by atoms with Crippen LogP contribution in [0.4, 0.5) is 0 Å². The van der Waals surface area contributed by atoms with Gasteiger partial charge in [0.25, 0.3) is 0 Å². The lowest BCUT2D eigenvalue weighted by Crippen LogP contribution is -2.23. The molecule has 0 saturated carbocycles. The van der Waals surface area contributed by atoms with Gasteiger partial charge in [-0.1, -0.05) is 0 Å². The second kappa shape index (κ2) is 6.95. The molecule has 0 fully saturated rings. The standard InChI is InChI=1S/C6H15NO3/c8-5-1-3-7(10)4-2-6-9/h8-10H,1-6H2. The molecule has 4 nitrogen and oxygen atoms in total. The van der Waals surface area contributed by atoms with Crippen molar-refractivity contribution in [3.8, 4) is 0 Å². The Morgan fingerprint density at radius 3 is 1.60 bits per heavy atom. The van der Waals surface area contributed by atoms with Gasteiger partial charge < -0.3 is 15.4 Å². The average Bonchev–Trinajstić information content (AvgIpc) is 1.97. The first-order valence-electron chi connectivity index (χ1n) is 3.46. The third-order valence-electron chi connectivity index (χ3n) is 1.15. The van der Waals surface area contributed by atoms with Gasteiger partial charge in [0.2, 0.25) is 0 Å². The summed E-state index contributed by atoms with van der Waals surface area (Å²) in [6, 6.07) is 0. The quantitative estimate of drug-likeness (QED) is 0.443. The number of hydroxylamine groups is 2. The van der Waals surface area contributed by atoms with E-state index in [0.29, 0.717) is 25.9 Å². The van der Waals surface area contributed by atoms with Gasteiger partial charge in [-0.05, 0) is 12.8 Å². The van der Waals surface area contributed by atoms with E-state index in [4.69, 9.17) is 15.4 Å². The van der Waals surface area contributed by atoms with E-state index in [-0.39, 0.29) is 13.2 Å². The maximum atomic E-state index is 8.92. The second-order valence-corrected chi connectivity index (χ2v) is 2.11. The fourth-order valence-electron chi connectivity index (χ4n) is 0.618. The van der Waals surface area contributed by atoms with Crippen molar-refractivity contribution < 1.29 is 15.4 Å². The van der Waals surface area contributed by atoms with Crippen molar-refractivity contribution in [2.24, 2.45) is 0 Å². The molecule has 0 spiro atoms. The number of hydrogen-bond donors (Lipinski definition) is 3. The second-order valence-electron chi connectivity index (χ2n) is 2.11. The van der Waals surface area contributed by atoms with Crippen LogP contribution < -0.4 is 0 Å².